The molecule has 2 N–H and O–H groups in total. The lowest BCUT2D eigenvalue weighted by atomic mass is 10.0. The van der Waals surface area contributed by atoms with Gasteiger partial charge in [-0.3, -0.25) is 9.98 Å². The van der Waals surface area contributed by atoms with Crippen LogP contribution in [-0.2, 0) is 0 Å². The molecule has 0 bridgehead atoms. The Morgan fingerprint density at radius 2 is 0.824 bits per heavy atom. The van der Waals surface area contributed by atoms with Gasteiger partial charge in [-0.05, 0) is 37.1 Å². The highest BCUT2D eigenvalue weighted by molar-refractivity contribution is 6.15. The number of aromatic hydroxyl groups is 2. The van der Waals surface area contributed by atoms with E-state index >= 15 is 0 Å². The van der Waals surface area contributed by atoms with E-state index in [0.717, 1.165) is 46.5 Å². The normalized spacial score (nSPS) is 12.0. The molecule has 0 radical (unpaired) electrons. The van der Waals surface area contributed by atoms with E-state index in [1.165, 1.54) is 0 Å². The molecule has 0 heterocycles. The molecule has 4 rings (SSSR count). The van der Waals surface area contributed by atoms with E-state index in [9.17, 15) is 10.2 Å². The first-order valence-electron chi connectivity index (χ1n) is 11.5. The lowest BCUT2D eigenvalue weighted by molar-refractivity contribution is 0.473. The predicted octanol–water partition coefficient (Wildman–Crippen LogP) is 6.25. The maximum Gasteiger partial charge on any atom is 0.124 e. The van der Waals surface area contributed by atoms with Crippen molar-refractivity contribution in [1.29, 1.82) is 0 Å². The van der Waals surface area contributed by atoms with Gasteiger partial charge in [-0.1, -0.05) is 84.9 Å². The summed E-state index contributed by atoms with van der Waals surface area (Å²) in [6, 6.07) is 34.5. The van der Waals surface area contributed by atoms with Crippen molar-refractivity contribution in [2.45, 2.75) is 12.8 Å². The average molecular weight is 449 g/mol. The number of para-hydroxylation sites is 2. The molecule has 0 saturated carbocycles. The quantitative estimate of drug-likeness (QED) is 0.235. The number of nitrogens with zero attached hydrogens (tertiary/aromatic N) is 2. The van der Waals surface area contributed by atoms with Crippen LogP contribution in [0.3, 0.4) is 0 Å². The van der Waals surface area contributed by atoms with Gasteiger partial charge in [0.1, 0.15) is 11.5 Å². The molecule has 170 valence electrons. The molecule has 0 aliphatic carbocycles. The molecular weight excluding hydrogens is 420 g/mol. The number of hydrogen-bond acceptors (Lipinski definition) is 4. The van der Waals surface area contributed by atoms with Crippen LogP contribution in [0.2, 0.25) is 0 Å². The van der Waals surface area contributed by atoms with Crippen LogP contribution >= 0.6 is 0 Å². The summed E-state index contributed by atoms with van der Waals surface area (Å²) in [6.45, 7) is 1.26. The highest BCUT2D eigenvalue weighted by Crippen LogP contribution is 2.22. The molecule has 4 heteroatoms. The van der Waals surface area contributed by atoms with Crippen LogP contribution < -0.4 is 0 Å². The molecule has 0 saturated heterocycles. The van der Waals surface area contributed by atoms with Gasteiger partial charge in [0.25, 0.3) is 0 Å². The lowest BCUT2D eigenvalue weighted by Crippen LogP contribution is -2.06. The summed E-state index contributed by atoms with van der Waals surface area (Å²) in [5, 5.41) is 20.7. The molecule has 0 atom stereocenters. The Hall–Kier alpha value is -4.18. The monoisotopic (exact) mass is 448 g/mol. The lowest BCUT2D eigenvalue weighted by Gasteiger charge is -2.10. The summed E-state index contributed by atoms with van der Waals surface area (Å²) in [6.07, 6.45) is 1.71. The van der Waals surface area contributed by atoms with Crippen molar-refractivity contribution in [2.75, 3.05) is 13.1 Å². The first-order chi connectivity index (χ1) is 16.7. The highest BCUT2D eigenvalue weighted by Gasteiger charge is 2.12. The second kappa shape index (κ2) is 11.6. The SMILES string of the molecule is Oc1ccccc1/C(=N/CCCC/N=C(\c1ccccc1)c1ccccc1O)c1ccccc1. The zero-order valence-corrected chi connectivity index (χ0v) is 19.0. The van der Waals surface area contributed by atoms with E-state index in [-0.39, 0.29) is 11.5 Å². The minimum absolute atomic E-state index is 0.227. The summed E-state index contributed by atoms with van der Waals surface area (Å²) >= 11 is 0. The first kappa shape index (κ1) is 23.0. The van der Waals surface area contributed by atoms with E-state index in [4.69, 9.17) is 9.98 Å². The van der Waals surface area contributed by atoms with Gasteiger partial charge in [0.05, 0.1) is 11.4 Å². The van der Waals surface area contributed by atoms with Gasteiger partial charge in [-0.2, -0.15) is 0 Å². The summed E-state index contributed by atoms with van der Waals surface area (Å²) < 4.78 is 0. The van der Waals surface area contributed by atoms with Gasteiger partial charge in [-0.15, -0.1) is 0 Å². The third-order valence-corrected chi connectivity index (χ3v) is 5.52. The van der Waals surface area contributed by atoms with Crippen LogP contribution in [0.15, 0.2) is 119 Å². The van der Waals surface area contributed by atoms with E-state index in [2.05, 4.69) is 0 Å². The maximum atomic E-state index is 10.4. The Balaban J connectivity index is 1.47. The number of benzene rings is 4. The number of rotatable bonds is 9. The van der Waals surface area contributed by atoms with E-state index < -0.39 is 0 Å². The Kier molecular flexibility index (Phi) is 7.86. The molecule has 4 nitrogen and oxygen atoms in total. The van der Waals surface area contributed by atoms with Gasteiger partial charge < -0.3 is 10.2 Å². The third-order valence-electron chi connectivity index (χ3n) is 5.52. The molecule has 0 aromatic heterocycles. The molecule has 0 aliphatic rings. The molecule has 0 unspecified atom stereocenters. The second-order valence-corrected chi connectivity index (χ2v) is 7.93. The number of phenols is 2. The van der Waals surface area contributed by atoms with Gasteiger partial charge in [0.15, 0.2) is 0 Å². The topological polar surface area (TPSA) is 65.2 Å². The molecular formula is C30H28N2O2. The van der Waals surface area contributed by atoms with E-state index in [1.54, 1.807) is 12.1 Å². The van der Waals surface area contributed by atoms with Gasteiger partial charge in [0, 0.05) is 35.3 Å². The Bertz CT molecular complexity index is 1160. The summed E-state index contributed by atoms with van der Waals surface area (Å²) in [7, 11) is 0. The molecule has 34 heavy (non-hydrogen) atoms. The van der Waals surface area contributed by atoms with Crippen LogP contribution in [0.4, 0.5) is 0 Å². The molecule has 0 fully saturated rings. The van der Waals surface area contributed by atoms with Crippen molar-refractivity contribution >= 4 is 11.4 Å². The standard InChI is InChI=1S/C30H28N2O2/c33-27-19-9-7-17-25(27)29(23-13-3-1-4-14-23)31-21-11-12-22-32-30(24-15-5-2-6-16-24)26-18-8-10-20-28(26)34/h1-10,13-20,33-34H,11-12,21-22H2/b31-29+,32-30+. The molecule has 4 aromatic carbocycles. The van der Waals surface area contributed by atoms with Crippen molar-refractivity contribution < 1.29 is 10.2 Å². The van der Waals surface area contributed by atoms with Crippen molar-refractivity contribution in [3.05, 3.63) is 131 Å². The smallest absolute Gasteiger partial charge is 0.124 e. The molecule has 4 aromatic rings. The average Bonchev–Trinajstić information content (AvgIpc) is 2.88. The first-order valence-corrected chi connectivity index (χ1v) is 11.5. The van der Waals surface area contributed by atoms with Gasteiger partial charge >= 0.3 is 0 Å². The third kappa shape index (κ3) is 5.78. The van der Waals surface area contributed by atoms with Crippen LogP contribution in [0, 0.1) is 0 Å². The largest absolute Gasteiger partial charge is 0.507 e. The summed E-state index contributed by atoms with van der Waals surface area (Å²) in [5.41, 5.74) is 5.01. The predicted molar refractivity (Wildman–Crippen MR) is 139 cm³/mol. The van der Waals surface area contributed by atoms with Crippen LogP contribution in [0.25, 0.3) is 0 Å². The zero-order valence-electron chi connectivity index (χ0n) is 19.0. The van der Waals surface area contributed by atoms with Crippen LogP contribution in [0.5, 0.6) is 11.5 Å². The minimum atomic E-state index is 0.227. The van der Waals surface area contributed by atoms with E-state index in [0.29, 0.717) is 13.1 Å². The fourth-order valence-corrected chi connectivity index (χ4v) is 3.81. The second-order valence-electron chi connectivity index (χ2n) is 7.93. The Morgan fingerprint density at radius 1 is 0.471 bits per heavy atom. The number of aliphatic imine (C=N–C) groups is 2. The summed E-state index contributed by atoms with van der Waals surface area (Å²) in [4.78, 5) is 9.68. The Morgan fingerprint density at radius 3 is 1.21 bits per heavy atom. The van der Waals surface area contributed by atoms with E-state index in [1.807, 2.05) is 97.1 Å². The van der Waals surface area contributed by atoms with Crippen molar-refractivity contribution in [2.24, 2.45) is 9.98 Å². The summed E-state index contributed by atoms with van der Waals surface area (Å²) in [5.74, 6) is 0.453. The van der Waals surface area contributed by atoms with Gasteiger partial charge in [-0.25, -0.2) is 0 Å². The van der Waals surface area contributed by atoms with Crippen LogP contribution in [0.1, 0.15) is 35.1 Å². The number of phenolic OH excluding ortho intramolecular Hbond substituents is 2. The minimum Gasteiger partial charge on any atom is -0.507 e. The van der Waals surface area contributed by atoms with Crippen molar-refractivity contribution in [3.8, 4) is 11.5 Å². The highest BCUT2D eigenvalue weighted by atomic mass is 16.3. The van der Waals surface area contributed by atoms with Crippen molar-refractivity contribution in [3.63, 3.8) is 0 Å². The zero-order chi connectivity index (χ0) is 23.6. The number of unbranched alkanes of at least 4 members (excludes halogenated alkanes) is 1. The van der Waals surface area contributed by atoms with Gasteiger partial charge in [0.2, 0.25) is 0 Å². The fourth-order valence-electron chi connectivity index (χ4n) is 3.81. The van der Waals surface area contributed by atoms with Crippen LogP contribution in [-0.4, -0.2) is 34.7 Å². The van der Waals surface area contributed by atoms with Crippen molar-refractivity contribution in [1.82, 2.24) is 0 Å². The maximum absolute atomic E-state index is 10.4. The number of hydrogen-bond donors (Lipinski definition) is 2. The fraction of sp³-hybridized carbons (Fsp3) is 0.133. The molecule has 0 aliphatic heterocycles. The molecule has 0 spiro atoms. The molecule has 0 amide bonds. The Labute approximate surface area is 200 Å².